The largest absolute Gasteiger partial charge is 0.471 e. The monoisotopic (exact) mass is 270 g/mol. The molecule has 0 spiro atoms. The Labute approximate surface area is 115 Å². The van der Waals surface area contributed by atoms with Crippen molar-refractivity contribution >= 4 is 22.1 Å². The third kappa shape index (κ3) is 2.59. The molecule has 0 saturated carbocycles. The van der Waals surface area contributed by atoms with Crippen molar-refractivity contribution in [1.29, 1.82) is 0 Å². The van der Waals surface area contributed by atoms with E-state index in [-0.39, 0.29) is 0 Å². The van der Waals surface area contributed by atoms with Gasteiger partial charge in [-0.05, 0) is 29.0 Å². The molecule has 0 amide bonds. The zero-order chi connectivity index (χ0) is 13.1. The molecule has 0 atom stereocenters. The molecule has 2 N–H and O–H groups in total. The molecular formula is C15H14N2OS. The maximum Gasteiger partial charge on any atom is 0.221 e. The molecule has 19 heavy (non-hydrogen) atoms. The fourth-order valence-electron chi connectivity index (χ4n) is 1.97. The number of benzene rings is 1. The summed E-state index contributed by atoms with van der Waals surface area (Å²) in [6, 6.07) is 14.1. The summed E-state index contributed by atoms with van der Waals surface area (Å²) in [6.07, 6.45) is 0. The summed E-state index contributed by atoms with van der Waals surface area (Å²) >= 11 is 1.68. The minimum atomic E-state index is 0.417. The molecule has 3 nitrogen and oxygen atoms in total. The molecule has 0 aliphatic carbocycles. The van der Waals surface area contributed by atoms with Crippen molar-refractivity contribution in [3.8, 4) is 5.88 Å². The van der Waals surface area contributed by atoms with E-state index in [9.17, 15) is 0 Å². The van der Waals surface area contributed by atoms with Crippen molar-refractivity contribution in [3.05, 3.63) is 58.4 Å². The van der Waals surface area contributed by atoms with Gasteiger partial charge in [-0.2, -0.15) is 0 Å². The zero-order valence-corrected chi connectivity index (χ0v) is 11.2. The summed E-state index contributed by atoms with van der Waals surface area (Å²) in [5.74, 6) is 0.659. The van der Waals surface area contributed by atoms with Crippen LogP contribution in [0.25, 0.3) is 10.8 Å². The van der Waals surface area contributed by atoms with Crippen molar-refractivity contribution in [2.24, 2.45) is 5.73 Å². The highest BCUT2D eigenvalue weighted by Gasteiger charge is 2.07. The van der Waals surface area contributed by atoms with E-state index >= 15 is 0 Å². The summed E-state index contributed by atoms with van der Waals surface area (Å²) < 4.78 is 5.85. The molecule has 0 fully saturated rings. The SMILES string of the molecule is NCc1cc2ccccc2c(OCc2cccs2)n1. The number of fused-ring (bicyclic) bond motifs is 1. The van der Waals surface area contributed by atoms with Gasteiger partial charge in [0.15, 0.2) is 0 Å². The summed E-state index contributed by atoms with van der Waals surface area (Å²) in [6.45, 7) is 0.961. The number of pyridine rings is 1. The highest BCUT2D eigenvalue weighted by Crippen LogP contribution is 2.25. The van der Waals surface area contributed by atoms with E-state index in [0.29, 0.717) is 19.0 Å². The number of nitrogens with zero attached hydrogens (tertiary/aromatic N) is 1. The van der Waals surface area contributed by atoms with Crippen molar-refractivity contribution in [1.82, 2.24) is 4.98 Å². The standard InChI is InChI=1S/C15H14N2OS/c16-9-12-8-11-4-1-2-6-14(11)15(17-12)18-10-13-5-3-7-19-13/h1-8H,9-10,16H2. The maximum atomic E-state index is 5.85. The van der Waals surface area contributed by atoms with E-state index in [1.54, 1.807) is 11.3 Å². The molecular weight excluding hydrogens is 256 g/mol. The number of ether oxygens (including phenoxy) is 1. The molecule has 0 saturated heterocycles. The predicted molar refractivity (Wildman–Crippen MR) is 78.3 cm³/mol. The summed E-state index contributed by atoms with van der Waals surface area (Å²) in [4.78, 5) is 5.66. The second-order valence-electron chi connectivity index (χ2n) is 4.21. The van der Waals surface area contributed by atoms with E-state index in [0.717, 1.165) is 16.5 Å². The van der Waals surface area contributed by atoms with Crippen molar-refractivity contribution in [2.45, 2.75) is 13.2 Å². The highest BCUT2D eigenvalue weighted by atomic mass is 32.1. The first kappa shape index (κ1) is 12.1. The Morgan fingerprint density at radius 2 is 2.05 bits per heavy atom. The molecule has 3 rings (SSSR count). The van der Waals surface area contributed by atoms with Gasteiger partial charge in [0.1, 0.15) is 6.61 Å². The number of thiophene rings is 1. The van der Waals surface area contributed by atoms with Gasteiger partial charge in [-0.1, -0.05) is 24.3 Å². The van der Waals surface area contributed by atoms with E-state index in [4.69, 9.17) is 10.5 Å². The van der Waals surface area contributed by atoms with Gasteiger partial charge in [-0.25, -0.2) is 4.98 Å². The van der Waals surface area contributed by atoms with Crippen molar-refractivity contribution < 1.29 is 4.74 Å². The quantitative estimate of drug-likeness (QED) is 0.791. The van der Waals surface area contributed by atoms with Crippen LogP contribution in [0.4, 0.5) is 0 Å². The molecule has 1 aromatic carbocycles. The number of nitrogens with two attached hydrogens (primary N) is 1. The summed E-state index contributed by atoms with van der Waals surface area (Å²) in [5.41, 5.74) is 6.53. The van der Waals surface area contributed by atoms with Gasteiger partial charge >= 0.3 is 0 Å². The number of rotatable bonds is 4. The lowest BCUT2D eigenvalue weighted by molar-refractivity contribution is 0.300. The molecule has 0 aliphatic rings. The first-order valence-corrected chi connectivity index (χ1v) is 6.98. The van der Waals surface area contributed by atoms with E-state index < -0.39 is 0 Å². The zero-order valence-electron chi connectivity index (χ0n) is 10.4. The van der Waals surface area contributed by atoms with Crippen molar-refractivity contribution in [3.63, 3.8) is 0 Å². The van der Waals surface area contributed by atoms with Crippen LogP contribution in [0.3, 0.4) is 0 Å². The van der Waals surface area contributed by atoms with Crippen LogP contribution in [0.1, 0.15) is 10.6 Å². The van der Waals surface area contributed by atoms with Gasteiger partial charge < -0.3 is 10.5 Å². The average molecular weight is 270 g/mol. The van der Waals surface area contributed by atoms with Crippen LogP contribution in [0.2, 0.25) is 0 Å². The Hall–Kier alpha value is -1.91. The number of hydrogen-bond acceptors (Lipinski definition) is 4. The third-order valence-corrected chi connectivity index (χ3v) is 3.75. The predicted octanol–water partition coefficient (Wildman–Crippen LogP) is 3.33. The van der Waals surface area contributed by atoms with Crippen molar-refractivity contribution in [2.75, 3.05) is 0 Å². The van der Waals surface area contributed by atoms with E-state index in [2.05, 4.69) is 11.1 Å². The lowest BCUT2D eigenvalue weighted by Gasteiger charge is -2.09. The second kappa shape index (κ2) is 5.38. The minimum Gasteiger partial charge on any atom is -0.471 e. The van der Waals surface area contributed by atoms with E-state index in [1.165, 1.54) is 4.88 Å². The van der Waals surface area contributed by atoms with Gasteiger partial charge in [0.2, 0.25) is 5.88 Å². The maximum absolute atomic E-state index is 5.85. The highest BCUT2D eigenvalue weighted by molar-refractivity contribution is 7.09. The van der Waals surface area contributed by atoms with Gasteiger partial charge in [0.05, 0.1) is 5.69 Å². The van der Waals surface area contributed by atoms with Crippen LogP contribution in [0.5, 0.6) is 5.88 Å². The van der Waals surface area contributed by atoms with E-state index in [1.807, 2.05) is 41.8 Å². The molecule has 4 heteroatoms. The molecule has 0 unspecified atom stereocenters. The number of hydrogen-bond donors (Lipinski definition) is 1. The Kier molecular flexibility index (Phi) is 3.44. The molecule has 0 bridgehead atoms. The van der Waals surface area contributed by atoms with Crippen LogP contribution in [0.15, 0.2) is 47.8 Å². The van der Waals surface area contributed by atoms with Gasteiger partial charge in [-0.3, -0.25) is 0 Å². The van der Waals surface area contributed by atoms with Gasteiger partial charge in [-0.15, -0.1) is 11.3 Å². The van der Waals surface area contributed by atoms with Crippen LogP contribution in [-0.2, 0) is 13.2 Å². The fraction of sp³-hybridized carbons (Fsp3) is 0.133. The summed E-state index contributed by atoms with van der Waals surface area (Å²) in [5, 5.41) is 4.18. The normalized spacial score (nSPS) is 10.8. The molecule has 96 valence electrons. The topological polar surface area (TPSA) is 48.1 Å². The van der Waals surface area contributed by atoms with Crippen LogP contribution in [-0.4, -0.2) is 4.98 Å². The van der Waals surface area contributed by atoms with Gasteiger partial charge in [0.25, 0.3) is 0 Å². The van der Waals surface area contributed by atoms with Crippen LogP contribution in [0, 0.1) is 0 Å². The first-order chi connectivity index (χ1) is 9.36. The average Bonchev–Trinajstić information content (AvgIpc) is 2.97. The number of aromatic nitrogens is 1. The fourth-order valence-corrected chi connectivity index (χ4v) is 2.58. The Balaban J connectivity index is 1.96. The lowest BCUT2D eigenvalue weighted by atomic mass is 10.1. The second-order valence-corrected chi connectivity index (χ2v) is 5.24. The third-order valence-electron chi connectivity index (χ3n) is 2.90. The molecule has 3 aromatic rings. The summed E-state index contributed by atoms with van der Waals surface area (Å²) in [7, 11) is 0. The van der Waals surface area contributed by atoms with Crippen LogP contribution >= 0.6 is 11.3 Å². The Morgan fingerprint density at radius 3 is 2.84 bits per heavy atom. The molecule has 0 aliphatic heterocycles. The molecule has 0 radical (unpaired) electrons. The van der Waals surface area contributed by atoms with Gasteiger partial charge in [0, 0.05) is 16.8 Å². The molecule has 2 aromatic heterocycles. The molecule has 2 heterocycles. The Morgan fingerprint density at radius 1 is 1.16 bits per heavy atom. The minimum absolute atomic E-state index is 0.417. The Bertz CT molecular complexity index is 680. The first-order valence-electron chi connectivity index (χ1n) is 6.11. The smallest absolute Gasteiger partial charge is 0.221 e. The van der Waals surface area contributed by atoms with Crippen LogP contribution < -0.4 is 10.5 Å². The lowest BCUT2D eigenvalue weighted by Crippen LogP contribution is -2.03.